The lowest BCUT2D eigenvalue weighted by molar-refractivity contribution is 0.0693. The SMILES string of the molecule is O=C(O)c1ccccc1C(=O)c1cccc2c(F)cccc12. The Morgan fingerprint density at radius 2 is 1.32 bits per heavy atom. The number of ketones is 1. The topological polar surface area (TPSA) is 54.4 Å². The average molecular weight is 294 g/mol. The third kappa shape index (κ3) is 2.24. The molecule has 0 aliphatic heterocycles. The Bertz CT molecular complexity index is 900. The number of carbonyl (C=O) groups excluding carboxylic acids is 1. The van der Waals surface area contributed by atoms with Gasteiger partial charge in [-0.2, -0.15) is 0 Å². The minimum absolute atomic E-state index is 0.0686. The number of benzene rings is 3. The number of carboxylic acids is 1. The van der Waals surface area contributed by atoms with E-state index in [0.717, 1.165) is 0 Å². The first kappa shape index (κ1) is 13.9. The van der Waals surface area contributed by atoms with E-state index in [4.69, 9.17) is 0 Å². The number of hydrogen-bond acceptors (Lipinski definition) is 2. The number of carbonyl (C=O) groups is 2. The van der Waals surface area contributed by atoms with E-state index in [1.165, 1.54) is 24.3 Å². The quantitative estimate of drug-likeness (QED) is 0.745. The van der Waals surface area contributed by atoms with Crippen molar-refractivity contribution >= 4 is 22.5 Å². The lowest BCUT2D eigenvalue weighted by Gasteiger charge is -2.08. The molecule has 0 unspecified atom stereocenters. The van der Waals surface area contributed by atoms with Gasteiger partial charge in [-0.25, -0.2) is 9.18 Å². The predicted molar refractivity (Wildman–Crippen MR) is 80.7 cm³/mol. The molecule has 0 bridgehead atoms. The zero-order valence-electron chi connectivity index (χ0n) is 11.4. The molecule has 22 heavy (non-hydrogen) atoms. The largest absolute Gasteiger partial charge is 0.478 e. The van der Waals surface area contributed by atoms with Crippen LogP contribution in [-0.4, -0.2) is 16.9 Å². The van der Waals surface area contributed by atoms with E-state index in [9.17, 15) is 19.1 Å². The summed E-state index contributed by atoms with van der Waals surface area (Å²) in [6.45, 7) is 0. The molecule has 0 saturated carbocycles. The molecule has 0 saturated heterocycles. The molecule has 3 aromatic carbocycles. The van der Waals surface area contributed by atoms with Gasteiger partial charge < -0.3 is 5.11 Å². The van der Waals surface area contributed by atoms with Crippen LogP contribution in [0.5, 0.6) is 0 Å². The zero-order chi connectivity index (χ0) is 15.7. The fraction of sp³-hybridized carbons (Fsp3) is 0. The summed E-state index contributed by atoms with van der Waals surface area (Å²) < 4.78 is 13.8. The van der Waals surface area contributed by atoms with Crippen molar-refractivity contribution in [3.05, 3.63) is 83.2 Å². The summed E-state index contributed by atoms with van der Waals surface area (Å²) >= 11 is 0. The molecule has 0 radical (unpaired) electrons. The van der Waals surface area contributed by atoms with Crippen molar-refractivity contribution in [1.29, 1.82) is 0 Å². The second-order valence-electron chi connectivity index (χ2n) is 4.82. The third-order valence-corrected chi connectivity index (χ3v) is 3.52. The molecular weight excluding hydrogens is 283 g/mol. The molecule has 4 heteroatoms. The van der Waals surface area contributed by atoms with E-state index in [1.54, 1.807) is 36.4 Å². The zero-order valence-corrected chi connectivity index (χ0v) is 11.4. The van der Waals surface area contributed by atoms with Gasteiger partial charge in [0.05, 0.1) is 5.56 Å². The van der Waals surface area contributed by atoms with Crippen LogP contribution in [0.25, 0.3) is 10.8 Å². The van der Waals surface area contributed by atoms with Gasteiger partial charge >= 0.3 is 5.97 Å². The number of hydrogen-bond donors (Lipinski definition) is 1. The Balaban J connectivity index is 2.23. The molecule has 3 aromatic rings. The van der Waals surface area contributed by atoms with E-state index < -0.39 is 17.6 Å². The van der Waals surface area contributed by atoms with Crippen molar-refractivity contribution in [2.75, 3.05) is 0 Å². The van der Waals surface area contributed by atoms with Crippen molar-refractivity contribution in [3.63, 3.8) is 0 Å². The normalized spacial score (nSPS) is 10.6. The highest BCUT2D eigenvalue weighted by Crippen LogP contribution is 2.24. The Kier molecular flexibility index (Phi) is 3.43. The molecule has 0 atom stereocenters. The van der Waals surface area contributed by atoms with Gasteiger partial charge in [0.25, 0.3) is 0 Å². The lowest BCUT2D eigenvalue weighted by Crippen LogP contribution is -2.10. The summed E-state index contributed by atoms with van der Waals surface area (Å²) in [4.78, 5) is 24.0. The van der Waals surface area contributed by atoms with Crippen molar-refractivity contribution in [3.8, 4) is 0 Å². The number of aromatic carboxylic acids is 1. The first-order valence-electron chi connectivity index (χ1n) is 6.64. The second kappa shape index (κ2) is 5.41. The van der Waals surface area contributed by atoms with Gasteiger partial charge in [0.2, 0.25) is 0 Å². The minimum Gasteiger partial charge on any atom is -0.478 e. The van der Waals surface area contributed by atoms with Crippen LogP contribution in [0.3, 0.4) is 0 Å². The molecule has 1 N–H and O–H groups in total. The maximum atomic E-state index is 13.8. The highest BCUT2D eigenvalue weighted by Gasteiger charge is 2.19. The lowest BCUT2D eigenvalue weighted by atomic mass is 9.94. The summed E-state index contributed by atoms with van der Waals surface area (Å²) in [6, 6.07) is 15.2. The van der Waals surface area contributed by atoms with Gasteiger partial charge in [-0.15, -0.1) is 0 Å². The molecule has 0 fully saturated rings. The predicted octanol–water partition coefficient (Wildman–Crippen LogP) is 3.91. The van der Waals surface area contributed by atoms with Crippen molar-refractivity contribution in [1.82, 2.24) is 0 Å². The van der Waals surface area contributed by atoms with Gasteiger partial charge in [0, 0.05) is 16.5 Å². The van der Waals surface area contributed by atoms with E-state index in [2.05, 4.69) is 0 Å². The summed E-state index contributed by atoms with van der Waals surface area (Å²) in [7, 11) is 0. The number of rotatable bonds is 3. The maximum absolute atomic E-state index is 13.8. The van der Waals surface area contributed by atoms with Crippen LogP contribution >= 0.6 is 0 Å². The van der Waals surface area contributed by atoms with E-state index in [-0.39, 0.29) is 16.7 Å². The fourth-order valence-electron chi connectivity index (χ4n) is 2.48. The van der Waals surface area contributed by atoms with E-state index in [0.29, 0.717) is 10.8 Å². The molecule has 3 rings (SSSR count). The monoisotopic (exact) mass is 294 g/mol. The highest BCUT2D eigenvalue weighted by molar-refractivity contribution is 6.19. The van der Waals surface area contributed by atoms with Crippen LogP contribution in [0, 0.1) is 5.82 Å². The molecule has 0 aliphatic rings. The van der Waals surface area contributed by atoms with Gasteiger partial charge in [0.1, 0.15) is 5.82 Å². The molecule has 108 valence electrons. The Morgan fingerprint density at radius 3 is 2.05 bits per heavy atom. The molecule has 3 nitrogen and oxygen atoms in total. The average Bonchev–Trinajstić information content (AvgIpc) is 2.54. The molecule has 0 aromatic heterocycles. The van der Waals surface area contributed by atoms with Crippen molar-refractivity contribution in [2.45, 2.75) is 0 Å². The summed E-state index contributed by atoms with van der Waals surface area (Å²) in [6.07, 6.45) is 0. The fourth-order valence-corrected chi connectivity index (χ4v) is 2.48. The van der Waals surface area contributed by atoms with Gasteiger partial charge in [-0.3, -0.25) is 4.79 Å². The first-order valence-corrected chi connectivity index (χ1v) is 6.64. The second-order valence-corrected chi connectivity index (χ2v) is 4.82. The van der Waals surface area contributed by atoms with Gasteiger partial charge in [0.15, 0.2) is 5.78 Å². The van der Waals surface area contributed by atoms with Crippen LogP contribution in [0.2, 0.25) is 0 Å². The van der Waals surface area contributed by atoms with Crippen molar-refractivity contribution in [2.24, 2.45) is 0 Å². The molecule has 0 aliphatic carbocycles. The molecule has 0 heterocycles. The summed E-state index contributed by atoms with van der Waals surface area (Å²) in [5.41, 5.74) is 0.304. The van der Waals surface area contributed by atoms with E-state index >= 15 is 0 Å². The number of carboxylic acid groups (broad SMARTS) is 1. The molecule has 0 amide bonds. The van der Waals surface area contributed by atoms with Crippen LogP contribution < -0.4 is 0 Å². The summed E-state index contributed by atoms with van der Waals surface area (Å²) in [5.74, 6) is -2.02. The van der Waals surface area contributed by atoms with Crippen LogP contribution in [0.1, 0.15) is 26.3 Å². The van der Waals surface area contributed by atoms with E-state index in [1.807, 2.05) is 0 Å². The standard InChI is InChI=1S/C18H11FO3/c19-16-10-4-7-11-12(16)8-3-9-13(11)17(20)14-5-1-2-6-15(14)18(21)22/h1-10H,(H,21,22). The van der Waals surface area contributed by atoms with Crippen LogP contribution in [-0.2, 0) is 0 Å². The Hall–Kier alpha value is -3.01. The minimum atomic E-state index is -1.17. The van der Waals surface area contributed by atoms with Gasteiger partial charge in [-0.05, 0) is 17.5 Å². The Morgan fingerprint density at radius 1 is 0.727 bits per heavy atom. The first-order chi connectivity index (χ1) is 10.6. The third-order valence-electron chi connectivity index (χ3n) is 3.52. The van der Waals surface area contributed by atoms with Crippen LogP contribution in [0.4, 0.5) is 4.39 Å². The van der Waals surface area contributed by atoms with Crippen molar-refractivity contribution < 1.29 is 19.1 Å². The number of halogens is 1. The van der Waals surface area contributed by atoms with Crippen LogP contribution in [0.15, 0.2) is 60.7 Å². The maximum Gasteiger partial charge on any atom is 0.336 e. The number of fused-ring (bicyclic) bond motifs is 1. The Labute approximate surface area is 125 Å². The highest BCUT2D eigenvalue weighted by atomic mass is 19.1. The smallest absolute Gasteiger partial charge is 0.336 e. The summed E-state index contributed by atoms with van der Waals surface area (Å²) in [5, 5.41) is 10.0. The molecule has 0 spiro atoms. The molecular formula is C18H11FO3. The van der Waals surface area contributed by atoms with Gasteiger partial charge in [-0.1, -0.05) is 48.5 Å².